The maximum atomic E-state index is 13.7. The summed E-state index contributed by atoms with van der Waals surface area (Å²) < 4.78 is 0. The van der Waals surface area contributed by atoms with Gasteiger partial charge in [-0.2, -0.15) is 0 Å². The predicted molar refractivity (Wildman–Crippen MR) is 129 cm³/mol. The summed E-state index contributed by atoms with van der Waals surface area (Å²) in [5, 5.41) is 5.19. The van der Waals surface area contributed by atoms with Gasteiger partial charge in [-0.3, -0.25) is 19.2 Å². The Kier molecular flexibility index (Phi) is 6.58. The Morgan fingerprint density at radius 3 is 2.29 bits per heavy atom. The summed E-state index contributed by atoms with van der Waals surface area (Å²) in [6, 6.07) is 6.86. The molecule has 0 radical (unpaired) electrons. The van der Waals surface area contributed by atoms with Gasteiger partial charge in [0, 0.05) is 19.5 Å². The van der Waals surface area contributed by atoms with Gasteiger partial charge >= 0.3 is 0 Å². The lowest BCUT2D eigenvalue weighted by molar-refractivity contribution is -0.145. The molecule has 1 saturated carbocycles. The van der Waals surface area contributed by atoms with E-state index in [9.17, 15) is 19.2 Å². The third-order valence-electron chi connectivity index (χ3n) is 8.60. The van der Waals surface area contributed by atoms with E-state index in [1.807, 2.05) is 26.0 Å². The second kappa shape index (κ2) is 9.16. The highest BCUT2D eigenvalue weighted by Gasteiger charge is 2.69. The summed E-state index contributed by atoms with van der Waals surface area (Å²) in [4.78, 5) is 53.4. The summed E-state index contributed by atoms with van der Waals surface area (Å²) in [6.07, 6.45) is 2.79. The Bertz CT molecular complexity index is 978. The minimum absolute atomic E-state index is 0.0172. The molecule has 0 spiro atoms. The van der Waals surface area contributed by atoms with Crippen molar-refractivity contribution >= 4 is 23.5 Å². The maximum Gasteiger partial charge on any atom is 0.289 e. The van der Waals surface area contributed by atoms with Crippen LogP contribution in [-0.2, 0) is 32.0 Å². The molecule has 4 rings (SSSR count). The van der Waals surface area contributed by atoms with Crippen LogP contribution in [0.15, 0.2) is 24.3 Å². The number of piperidine rings is 1. The van der Waals surface area contributed by atoms with Gasteiger partial charge in [0.05, 0.1) is 6.04 Å². The van der Waals surface area contributed by atoms with Crippen LogP contribution in [0.3, 0.4) is 0 Å². The molecule has 0 aromatic heterocycles. The quantitative estimate of drug-likeness (QED) is 0.573. The average molecular weight is 468 g/mol. The molecule has 1 aromatic rings. The number of Topliss-reactive ketones (excluding diaryl/α,β-unsaturated/α-hetero) is 1. The van der Waals surface area contributed by atoms with Crippen molar-refractivity contribution in [3.05, 3.63) is 35.4 Å². The molecule has 2 aliphatic carbocycles. The lowest BCUT2D eigenvalue weighted by atomic mass is 9.89. The van der Waals surface area contributed by atoms with Gasteiger partial charge in [-0.1, -0.05) is 58.4 Å². The van der Waals surface area contributed by atoms with Crippen molar-refractivity contribution in [3.63, 3.8) is 0 Å². The number of rotatable bonds is 8. The Morgan fingerprint density at radius 1 is 1.12 bits per heavy atom. The van der Waals surface area contributed by atoms with E-state index in [0.717, 1.165) is 12.8 Å². The van der Waals surface area contributed by atoms with Crippen LogP contribution in [0.5, 0.6) is 0 Å². The third kappa shape index (κ3) is 4.14. The zero-order chi connectivity index (χ0) is 24.8. The molecule has 184 valence electrons. The summed E-state index contributed by atoms with van der Waals surface area (Å²) in [7, 11) is 1.41. The minimum atomic E-state index is -0.878. The van der Waals surface area contributed by atoms with Gasteiger partial charge in [0.2, 0.25) is 17.6 Å². The molecule has 5 atom stereocenters. The summed E-state index contributed by atoms with van der Waals surface area (Å²) >= 11 is 0. The maximum absolute atomic E-state index is 13.7. The van der Waals surface area contributed by atoms with E-state index >= 15 is 0 Å². The molecule has 1 aromatic carbocycles. The highest BCUT2D eigenvalue weighted by atomic mass is 16.2. The third-order valence-corrected chi connectivity index (χ3v) is 8.60. The smallest absolute Gasteiger partial charge is 0.289 e. The molecule has 7 heteroatoms. The number of nitrogens with zero attached hydrogens (tertiary/aromatic N) is 1. The van der Waals surface area contributed by atoms with Gasteiger partial charge in [0.1, 0.15) is 6.04 Å². The van der Waals surface area contributed by atoms with Crippen LogP contribution < -0.4 is 10.6 Å². The normalized spacial score (nSPS) is 26.3. The van der Waals surface area contributed by atoms with Crippen LogP contribution >= 0.6 is 0 Å². The number of hydrogen-bond acceptors (Lipinski definition) is 4. The monoisotopic (exact) mass is 467 g/mol. The van der Waals surface area contributed by atoms with Crippen molar-refractivity contribution in [1.82, 2.24) is 15.5 Å². The fraction of sp³-hybridized carbons (Fsp3) is 0.630. The summed E-state index contributed by atoms with van der Waals surface area (Å²) in [5.41, 5.74) is 2.60. The van der Waals surface area contributed by atoms with Gasteiger partial charge in [-0.05, 0) is 53.6 Å². The lowest BCUT2D eigenvalue weighted by Gasteiger charge is -2.34. The zero-order valence-electron chi connectivity index (χ0n) is 20.9. The zero-order valence-corrected chi connectivity index (χ0v) is 20.9. The van der Waals surface area contributed by atoms with Crippen LogP contribution in [0.1, 0.15) is 51.7 Å². The van der Waals surface area contributed by atoms with Gasteiger partial charge in [-0.15, -0.1) is 0 Å². The highest BCUT2D eigenvalue weighted by molar-refractivity contribution is 6.38. The second-order valence-corrected chi connectivity index (χ2v) is 10.9. The highest BCUT2D eigenvalue weighted by Crippen LogP contribution is 2.65. The molecule has 1 saturated heterocycles. The number of likely N-dealkylation sites (N-methyl/N-ethyl adjacent to an activating group) is 1. The van der Waals surface area contributed by atoms with Crippen molar-refractivity contribution in [2.24, 2.45) is 29.1 Å². The Morgan fingerprint density at radius 2 is 1.74 bits per heavy atom. The van der Waals surface area contributed by atoms with Gasteiger partial charge in [0.15, 0.2) is 0 Å². The van der Waals surface area contributed by atoms with E-state index in [0.29, 0.717) is 19.4 Å². The molecule has 3 amide bonds. The number of benzene rings is 1. The Hall–Kier alpha value is -2.70. The second-order valence-electron chi connectivity index (χ2n) is 10.9. The predicted octanol–water partition coefficient (Wildman–Crippen LogP) is 2.12. The Labute approximate surface area is 202 Å². The summed E-state index contributed by atoms with van der Waals surface area (Å²) in [5.74, 6) is -1.27. The molecule has 0 bridgehead atoms. The van der Waals surface area contributed by atoms with Gasteiger partial charge in [0.25, 0.3) is 5.91 Å². The number of hydrogen-bond donors (Lipinski definition) is 2. The fourth-order valence-electron chi connectivity index (χ4n) is 6.32. The Balaban J connectivity index is 1.50. The van der Waals surface area contributed by atoms with E-state index in [4.69, 9.17) is 0 Å². The van der Waals surface area contributed by atoms with Gasteiger partial charge < -0.3 is 15.5 Å². The van der Waals surface area contributed by atoms with E-state index in [1.165, 1.54) is 18.2 Å². The van der Waals surface area contributed by atoms with E-state index < -0.39 is 23.8 Å². The first-order chi connectivity index (χ1) is 16.1. The van der Waals surface area contributed by atoms with Crippen LogP contribution in [0.25, 0.3) is 0 Å². The first kappa shape index (κ1) is 24.4. The van der Waals surface area contributed by atoms with E-state index in [1.54, 1.807) is 4.90 Å². The van der Waals surface area contributed by atoms with E-state index in [-0.39, 0.29) is 40.9 Å². The van der Waals surface area contributed by atoms with Crippen LogP contribution in [0, 0.1) is 29.1 Å². The number of amides is 3. The molecule has 1 aliphatic heterocycles. The standard InChI is InChI=1S/C27H37N3O4/c1-6-9-20(23(31)25(33)28-5)29-24(32)22-21-19(27(21,3)4)14-30(22)26(34)15(2)18-12-16-10-7-8-11-17(16)13-18/h7-8,10-11,15,18-22H,6,9,12-14H2,1-5H3,(H,28,33)(H,29,32)/t15-,19-,20?,21-,22-/m0/s1. The topological polar surface area (TPSA) is 95.6 Å². The number of carbonyl (C=O) groups excluding carboxylic acids is 4. The molecular formula is C27H37N3O4. The molecule has 1 unspecified atom stereocenters. The molecule has 1 heterocycles. The summed E-state index contributed by atoms with van der Waals surface area (Å²) in [6.45, 7) is 8.74. The van der Waals surface area contributed by atoms with Crippen LogP contribution in [0.2, 0.25) is 0 Å². The van der Waals surface area contributed by atoms with Crippen LogP contribution in [-0.4, -0.2) is 54.1 Å². The molecule has 2 fully saturated rings. The molecule has 2 N–H and O–H groups in total. The molecular weight excluding hydrogens is 430 g/mol. The SMILES string of the molecule is CCCC(NC(=O)[C@@H]1[C@@H]2[C@H](CN1C(=O)[C@@H](C)C1Cc3ccccc3C1)C2(C)C)C(=O)C(=O)NC. The number of carbonyl (C=O) groups is 4. The molecule has 3 aliphatic rings. The van der Waals surface area contributed by atoms with Crippen molar-refractivity contribution in [1.29, 1.82) is 0 Å². The largest absolute Gasteiger partial charge is 0.353 e. The molecule has 7 nitrogen and oxygen atoms in total. The lowest BCUT2D eigenvalue weighted by Crippen LogP contribution is -2.56. The number of nitrogens with one attached hydrogen (secondary N) is 2. The van der Waals surface area contributed by atoms with E-state index in [2.05, 4.69) is 36.6 Å². The molecule has 34 heavy (non-hydrogen) atoms. The van der Waals surface area contributed by atoms with Crippen LogP contribution in [0.4, 0.5) is 0 Å². The first-order valence-electron chi connectivity index (χ1n) is 12.5. The van der Waals surface area contributed by atoms with Crippen molar-refractivity contribution in [2.45, 2.75) is 65.5 Å². The van der Waals surface area contributed by atoms with Crippen molar-refractivity contribution in [2.75, 3.05) is 13.6 Å². The van der Waals surface area contributed by atoms with Crippen molar-refractivity contribution < 1.29 is 19.2 Å². The number of fused-ring (bicyclic) bond motifs is 2. The number of ketones is 1. The van der Waals surface area contributed by atoms with Crippen molar-refractivity contribution in [3.8, 4) is 0 Å². The number of likely N-dealkylation sites (tertiary alicyclic amines) is 1. The fourth-order valence-corrected chi connectivity index (χ4v) is 6.32. The average Bonchev–Trinajstić information content (AvgIpc) is 3.21. The minimum Gasteiger partial charge on any atom is -0.353 e. The first-order valence-corrected chi connectivity index (χ1v) is 12.5. The van der Waals surface area contributed by atoms with Gasteiger partial charge in [-0.25, -0.2) is 0 Å².